The lowest BCUT2D eigenvalue weighted by molar-refractivity contribution is -0.164. The van der Waals surface area contributed by atoms with Gasteiger partial charge in [-0.25, -0.2) is 9.78 Å². The summed E-state index contributed by atoms with van der Waals surface area (Å²) in [5.74, 6) is -3.70. The number of nitrogen functional groups attached to an aromatic ring is 1. The number of likely N-dealkylation sites (tertiary alicyclic amines) is 1. The van der Waals surface area contributed by atoms with Crippen LogP contribution < -0.4 is 11.1 Å². The molecule has 214 valence electrons. The summed E-state index contributed by atoms with van der Waals surface area (Å²) in [6.45, 7) is -1.69. The number of halogens is 3. The number of aliphatic carboxylic acids is 1. The third-order valence-electron chi connectivity index (χ3n) is 6.70. The Morgan fingerprint density at radius 3 is 2.62 bits per heavy atom. The van der Waals surface area contributed by atoms with E-state index in [1.54, 1.807) is 0 Å². The lowest BCUT2D eigenvalue weighted by atomic mass is 9.99. The molecule has 12 nitrogen and oxygen atoms in total. The summed E-state index contributed by atoms with van der Waals surface area (Å²) in [6, 6.07) is -1.08. The lowest BCUT2D eigenvalue weighted by Gasteiger charge is -2.49. The summed E-state index contributed by atoms with van der Waals surface area (Å²) < 4.78 is 37.8. The van der Waals surface area contributed by atoms with Crippen molar-refractivity contribution < 1.29 is 42.3 Å². The molecule has 0 spiro atoms. The predicted octanol–water partition coefficient (Wildman–Crippen LogP) is 1.46. The van der Waals surface area contributed by atoms with E-state index in [2.05, 4.69) is 15.5 Å². The van der Waals surface area contributed by atoms with E-state index in [1.165, 1.54) is 11.5 Å². The first-order chi connectivity index (χ1) is 18.9. The molecule has 4 aliphatic rings. The summed E-state index contributed by atoms with van der Waals surface area (Å²) in [4.78, 5) is 61.6. The highest BCUT2D eigenvalue weighted by molar-refractivity contribution is 8.00. The average molecular weight is 601 g/mol. The Morgan fingerprint density at radius 2 is 2.02 bits per heavy atom. The number of oxime groups is 1. The molecular formula is C23H23F3N6O6S2. The number of carboxylic acids is 1. The molecular weight excluding hydrogens is 577 g/mol. The molecule has 3 amide bonds. The highest BCUT2D eigenvalue weighted by Gasteiger charge is 2.54. The Morgan fingerprint density at radius 1 is 1.30 bits per heavy atom. The van der Waals surface area contributed by atoms with Crippen LogP contribution in [-0.4, -0.2) is 91.8 Å². The molecule has 5 rings (SSSR count). The number of nitrogens with zero attached hydrogens (tertiary/aromatic N) is 4. The summed E-state index contributed by atoms with van der Waals surface area (Å²) in [6.07, 6.45) is 0.0704. The molecule has 0 radical (unpaired) electrons. The van der Waals surface area contributed by atoms with E-state index in [4.69, 9.17) is 10.6 Å². The molecule has 2 atom stereocenters. The van der Waals surface area contributed by atoms with Crippen molar-refractivity contribution in [2.24, 2.45) is 5.16 Å². The molecule has 17 heteroatoms. The standard InChI is InChI=1S/C23H23F3N6O6S2/c24-23(25,26)9-31-6-10(18(31)34)5-11-7-39-20-15(19(35)32(20)16(11)21(36)37)29-17(33)14(13-8-40-22(27)28-13)30-38-12-3-1-2-4-12/h5,8,12,15,20H,1-4,6-7,9H2,(H2,27,28)(H,29,33)(H,36,37)/t15-,20-/m1/s1. The van der Waals surface area contributed by atoms with E-state index >= 15 is 0 Å². The SMILES string of the molecule is Nc1nc(C(=NOC2CCCC2)C(=O)N[C@@H]2C(=O)N3C(C(=O)O)=C(C=C4CN(CC(F)(F)F)C4=O)CS[C@H]23)cs1. The maximum Gasteiger partial charge on any atom is 0.406 e. The van der Waals surface area contributed by atoms with Crippen molar-refractivity contribution in [3.63, 3.8) is 0 Å². The number of amides is 3. The third-order valence-corrected chi connectivity index (χ3v) is 8.68. The Hall–Kier alpha value is -3.60. The van der Waals surface area contributed by atoms with Gasteiger partial charge in [0.15, 0.2) is 10.8 Å². The van der Waals surface area contributed by atoms with Gasteiger partial charge in [0.05, 0.1) is 6.54 Å². The van der Waals surface area contributed by atoms with Crippen molar-refractivity contribution >= 4 is 57.6 Å². The summed E-state index contributed by atoms with van der Waals surface area (Å²) in [5.41, 5.74) is 5.45. The number of fused-ring (bicyclic) bond motifs is 1. The van der Waals surface area contributed by atoms with Gasteiger partial charge in [0, 0.05) is 16.7 Å². The number of carbonyl (C=O) groups excluding carboxylic acids is 3. The second kappa shape index (κ2) is 10.8. The van der Waals surface area contributed by atoms with Crippen LogP contribution in [0.15, 0.2) is 33.5 Å². The lowest BCUT2D eigenvalue weighted by Crippen LogP contribution is -2.71. The number of hydrogen-bond donors (Lipinski definition) is 3. The van der Waals surface area contributed by atoms with E-state index < -0.39 is 47.8 Å². The smallest absolute Gasteiger partial charge is 0.406 e. The highest BCUT2D eigenvalue weighted by atomic mass is 32.2. The molecule has 1 aromatic heterocycles. The van der Waals surface area contributed by atoms with Crippen LogP contribution in [0.2, 0.25) is 0 Å². The molecule has 1 aliphatic carbocycles. The predicted molar refractivity (Wildman–Crippen MR) is 137 cm³/mol. The van der Waals surface area contributed by atoms with E-state index in [9.17, 15) is 37.5 Å². The van der Waals surface area contributed by atoms with Crippen LogP contribution in [0.4, 0.5) is 18.3 Å². The number of aromatic nitrogens is 1. The Bertz CT molecular complexity index is 1350. The van der Waals surface area contributed by atoms with Crippen molar-refractivity contribution in [3.05, 3.63) is 34.0 Å². The van der Waals surface area contributed by atoms with Crippen LogP contribution in [0.1, 0.15) is 31.4 Å². The van der Waals surface area contributed by atoms with Gasteiger partial charge in [-0.2, -0.15) is 13.2 Å². The van der Waals surface area contributed by atoms with Gasteiger partial charge in [-0.15, -0.1) is 23.1 Å². The van der Waals surface area contributed by atoms with Crippen molar-refractivity contribution in [1.29, 1.82) is 0 Å². The average Bonchev–Trinajstić information content (AvgIpc) is 3.57. The molecule has 3 aliphatic heterocycles. The molecule has 1 aromatic rings. The van der Waals surface area contributed by atoms with Gasteiger partial charge in [-0.3, -0.25) is 19.3 Å². The Labute approximate surface area is 233 Å². The number of alkyl halides is 3. The fraction of sp³-hybridized carbons (Fsp3) is 0.478. The zero-order valence-corrected chi connectivity index (χ0v) is 22.3. The molecule has 0 bridgehead atoms. The van der Waals surface area contributed by atoms with Crippen LogP contribution in [0.5, 0.6) is 0 Å². The first-order valence-electron chi connectivity index (χ1n) is 12.2. The van der Waals surface area contributed by atoms with Crippen molar-refractivity contribution in [1.82, 2.24) is 20.1 Å². The van der Waals surface area contributed by atoms with Gasteiger partial charge in [0.25, 0.3) is 17.7 Å². The van der Waals surface area contributed by atoms with Crippen molar-refractivity contribution in [2.75, 3.05) is 24.6 Å². The van der Waals surface area contributed by atoms with Crippen LogP contribution in [0.25, 0.3) is 0 Å². The van der Waals surface area contributed by atoms with Gasteiger partial charge < -0.3 is 25.9 Å². The third kappa shape index (κ3) is 5.52. The van der Waals surface area contributed by atoms with Crippen molar-refractivity contribution in [2.45, 2.75) is 49.4 Å². The number of allylic oxidation sites excluding steroid dienone is 1. The van der Waals surface area contributed by atoms with Crippen LogP contribution in [0, 0.1) is 0 Å². The van der Waals surface area contributed by atoms with Crippen LogP contribution >= 0.6 is 23.1 Å². The summed E-state index contributed by atoms with van der Waals surface area (Å²) in [5, 5.41) is 17.4. The molecule has 1 saturated carbocycles. The summed E-state index contributed by atoms with van der Waals surface area (Å²) >= 11 is 2.24. The van der Waals surface area contributed by atoms with Crippen molar-refractivity contribution in [3.8, 4) is 0 Å². The molecule has 3 fully saturated rings. The molecule has 0 unspecified atom stereocenters. The maximum atomic E-state index is 13.2. The first kappa shape index (κ1) is 27.9. The number of β-lactam (4-membered cyclic amide) rings is 2. The molecule has 4 heterocycles. The number of rotatable bonds is 8. The number of carbonyl (C=O) groups is 4. The number of hydrogen-bond acceptors (Lipinski definition) is 10. The second-order valence-corrected chi connectivity index (χ2v) is 11.5. The quantitative estimate of drug-likeness (QED) is 0.173. The van der Waals surface area contributed by atoms with Crippen LogP contribution in [0.3, 0.4) is 0 Å². The maximum absolute atomic E-state index is 13.2. The summed E-state index contributed by atoms with van der Waals surface area (Å²) in [7, 11) is 0. The second-order valence-electron chi connectivity index (χ2n) is 9.51. The molecule has 2 saturated heterocycles. The van der Waals surface area contributed by atoms with Gasteiger partial charge >= 0.3 is 12.1 Å². The number of nitrogens with two attached hydrogens (primary N) is 1. The fourth-order valence-corrected chi connectivity index (χ4v) is 6.66. The van der Waals surface area contributed by atoms with E-state index in [0.717, 1.165) is 53.7 Å². The number of anilines is 1. The minimum absolute atomic E-state index is 0.0144. The molecule has 0 aromatic carbocycles. The normalized spacial score (nSPS) is 24.7. The minimum atomic E-state index is -4.55. The van der Waals surface area contributed by atoms with E-state index in [1.807, 2.05) is 0 Å². The van der Waals surface area contributed by atoms with Gasteiger partial charge in [-0.05, 0) is 37.3 Å². The highest BCUT2D eigenvalue weighted by Crippen LogP contribution is 2.41. The van der Waals surface area contributed by atoms with Gasteiger partial charge in [0.1, 0.15) is 35.5 Å². The number of thioether (sulfide) groups is 1. The number of thiazole rings is 1. The Kier molecular flexibility index (Phi) is 7.52. The molecule has 4 N–H and O–H groups in total. The zero-order chi connectivity index (χ0) is 28.8. The largest absolute Gasteiger partial charge is 0.477 e. The first-order valence-corrected chi connectivity index (χ1v) is 14.1. The zero-order valence-electron chi connectivity index (χ0n) is 20.6. The minimum Gasteiger partial charge on any atom is -0.477 e. The van der Waals surface area contributed by atoms with Gasteiger partial charge in [0.2, 0.25) is 0 Å². The van der Waals surface area contributed by atoms with Crippen LogP contribution in [-0.2, 0) is 24.0 Å². The Balaban J connectivity index is 1.31. The number of nitrogens with one attached hydrogen (secondary N) is 1. The van der Waals surface area contributed by atoms with E-state index in [0.29, 0.717) is 4.90 Å². The topological polar surface area (TPSA) is 168 Å². The van der Waals surface area contributed by atoms with E-state index in [-0.39, 0.29) is 51.8 Å². The van der Waals surface area contributed by atoms with Gasteiger partial charge in [-0.1, -0.05) is 5.16 Å². The monoisotopic (exact) mass is 600 g/mol. The number of carboxylic acid groups (broad SMARTS) is 1. The fourth-order valence-electron chi connectivity index (χ4n) is 4.80. The molecule has 40 heavy (non-hydrogen) atoms.